The number of carbonyl (C=O) groups is 1. The Hall–Kier alpha value is -1.68. The van der Waals surface area contributed by atoms with Crippen LogP contribution in [0.15, 0.2) is 12.1 Å². The van der Waals surface area contributed by atoms with Gasteiger partial charge in [-0.3, -0.25) is 5.32 Å². The van der Waals surface area contributed by atoms with Crippen molar-refractivity contribution in [1.82, 2.24) is 4.72 Å². The molecule has 0 spiro atoms. The zero-order valence-corrected chi connectivity index (χ0v) is 17.7. The van der Waals surface area contributed by atoms with Crippen LogP contribution in [0.2, 0.25) is 0 Å². The molecule has 0 aliphatic carbocycles. The van der Waals surface area contributed by atoms with Crippen LogP contribution in [0, 0.1) is 5.82 Å². The highest BCUT2D eigenvalue weighted by molar-refractivity contribution is 7.84. The number of rotatable bonds is 4. The number of anilines is 1. The number of carbonyl (C=O) groups excluding carboxylic acids is 1. The number of amides is 1. The smallest absolute Gasteiger partial charge is 0.419 e. The van der Waals surface area contributed by atoms with Crippen molar-refractivity contribution < 1.29 is 31.3 Å². The van der Waals surface area contributed by atoms with Gasteiger partial charge in [-0.25, -0.2) is 18.1 Å². The van der Waals surface area contributed by atoms with Crippen molar-refractivity contribution in [2.75, 3.05) is 5.32 Å². The summed E-state index contributed by atoms with van der Waals surface area (Å²) in [5.41, 5.74) is -3.11. The van der Waals surface area contributed by atoms with Crippen LogP contribution in [0.1, 0.15) is 65.6 Å². The second-order valence-electron chi connectivity index (χ2n) is 8.28. The lowest BCUT2D eigenvalue weighted by molar-refractivity contribution is -0.140. The Labute approximate surface area is 164 Å². The molecule has 28 heavy (non-hydrogen) atoms. The van der Waals surface area contributed by atoms with Crippen molar-refractivity contribution in [1.29, 1.82) is 0 Å². The second kappa shape index (κ2) is 8.36. The first-order chi connectivity index (χ1) is 12.4. The summed E-state index contributed by atoms with van der Waals surface area (Å²) < 4.78 is 73.4. The lowest BCUT2D eigenvalue weighted by Crippen LogP contribution is -2.35. The number of halogens is 4. The number of nitrogens with one attached hydrogen (secondary N) is 2. The molecule has 1 unspecified atom stereocenters. The van der Waals surface area contributed by atoms with E-state index in [9.17, 15) is 26.6 Å². The van der Waals surface area contributed by atoms with E-state index in [4.69, 9.17) is 4.74 Å². The van der Waals surface area contributed by atoms with Gasteiger partial charge >= 0.3 is 12.3 Å². The molecule has 0 bridgehead atoms. The Morgan fingerprint density at radius 1 is 1.11 bits per heavy atom. The fraction of sp³-hybridized carbons (Fsp3) is 0.611. The minimum atomic E-state index is -4.98. The summed E-state index contributed by atoms with van der Waals surface area (Å²) in [7, 11) is -1.57. The number of hydrogen-bond donors (Lipinski definition) is 2. The highest BCUT2D eigenvalue weighted by Gasteiger charge is 2.37. The molecular formula is C18H26F4N2O3S. The number of hydrogen-bond acceptors (Lipinski definition) is 3. The first kappa shape index (κ1) is 24.4. The maximum absolute atomic E-state index is 14.4. The number of ether oxygens (including phenoxy) is 1. The van der Waals surface area contributed by atoms with E-state index in [0.29, 0.717) is 6.07 Å². The Morgan fingerprint density at radius 2 is 1.64 bits per heavy atom. The van der Waals surface area contributed by atoms with Gasteiger partial charge in [-0.05, 0) is 66.2 Å². The average Bonchev–Trinajstić information content (AvgIpc) is 2.44. The van der Waals surface area contributed by atoms with Crippen molar-refractivity contribution in [2.45, 2.75) is 71.0 Å². The molecule has 1 rings (SSSR count). The van der Waals surface area contributed by atoms with Crippen molar-refractivity contribution in [3.63, 3.8) is 0 Å². The van der Waals surface area contributed by atoms with E-state index in [1.54, 1.807) is 41.5 Å². The fourth-order valence-corrected chi connectivity index (χ4v) is 2.82. The maximum atomic E-state index is 14.4. The Balaban J connectivity index is 3.32. The van der Waals surface area contributed by atoms with Gasteiger partial charge in [0.15, 0.2) is 5.82 Å². The van der Waals surface area contributed by atoms with Gasteiger partial charge in [0, 0.05) is 6.04 Å². The zero-order valence-electron chi connectivity index (χ0n) is 16.9. The summed E-state index contributed by atoms with van der Waals surface area (Å²) >= 11 is 0. The maximum Gasteiger partial charge on any atom is 0.419 e. The molecule has 1 aromatic rings. The Morgan fingerprint density at radius 3 is 2.07 bits per heavy atom. The third-order valence-corrected chi connectivity index (χ3v) is 5.06. The van der Waals surface area contributed by atoms with E-state index in [1.807, 2.05) is 5.32 Å². The molecule has 2 N–H and O–H groups in total. The Bertz CT molecular complexity index is 753. The van der Waals surface area contributed by atoms with Crippen molar-refractivity contribution in [2.24, 2.45) is 0 Å². The molecule has 0 saturated heterocycles. The van der Waals surface area contributed by atoms with Crippen molar-refractivity contribution in [3.8, 4) is 0 Å². The molecular weight excluding hydrogens is 400 g/mol. The molecule has 0 fully saturated rings. The normalized spacial score (nSPS) is 15.1. The largest absolute Gasteiger partial charge is 0.444 e. The highest BCUT2D eigenvalue weighted by atomic mass is 32.2. The van der Waals surface area contributed by atoms with Gasteiger partial charge in [-0.1, -0.05) is 0 Å². The summed E-state index contributed by atoms with van der Waals surface area (Å²) in [6, 6.07) is 0.889. The first-order valence-corrected chi connectivity index (χ1v) is 9.65. The van der Waals surface area contributed by atoms with E-state index in [0.717, 1.165) is 6.07 Å². The van der Waals surface area contributed by atoms with E-state index in [-0.39, 0.29) is 5.56 Å². The highest BCUT2D eigenvalue weighted by Crippen LogP contribution is 2.36. The van der Waals surface area contributed by atoms with Gasteiger partial charge in [0.25, 0.3) is 0 Å². The van der Waals surface area contributed by atoms with Crippen LogP contribution in [0.3, 0.4) is 0 Å². The molecule has 0 heterocycles. The van der Waals surface area contributed by atoms with E-state index in [2.05, 4.69) is 4.72 Å². The molecule has 2 atom stereocenters. The van der Waals surface area contributed by atoms with Gasteiger partial charge in [0.2, 0.25) is 0 Å². The number of alkyl halides is 3. The fourth-order valence-electron chi connectivity index (χ4n) is 2.01. The van der Waals surface area contributed by atoms with E-state index < -0.39 is 56.7 Å². The second-order valence-corrected chi connectivity index (χ2v) is 10.3. The van der Waals surface area contributed by atoms with Crippen LogP contribution in [0.5, 0.6) is 0 Å². The lowest BCUT2D eigenvalue weighted by atomic mass is 10.0. The van der Waals surface area contributed by atoms with Gasteiger partial charge in [-0.2, -0.15) is 13.2 Å². The van der Waals surface area contributed by atoms with Crippen LogP contribution in [0.4, 0.5) is 28.0 Å². The zero-order chi connectivity index (χ0) is 22.1. The molecule has 10 heteroatoms. The third-order valence-electron chi connectivity index (χ3n) is 3.38. The van der Waals surface area contributed by atoms with Crippen LogP contribution in [-0.2, 0) is 21.9 Å². The summed E-state index contributed by atoms with van der Waals surface area (Å²) in [5, 5.41) is 2.02. The first-order valence-electron chi connectivity index (χ1n) is 8.50. The molecule has 160 valence electrons. The third kappa shape index (κ3) is 7.05. The molecule has 1 amide bonds. The van der Waals surface area contributed by atoms with E-state index >= 15 is 0 Å². The minimum Gasteiger partial charge on any atom is -0.444 e. The minimum absolute atomic E-state index is 0.0115. The summed E-state index contributed by atoms with van der Waals surface area (Å²) in [5.74, 6) is -1.62. The van der Waals surface area contributed by atoms with Crippen molar-refractivity contribution in [3.05, 3.63) is 29.1 Å². The molecule has 0 aromatic heterocycles. The summed E-state index contributed by atoms with van der Waals surface area (Å²) in [6.45, 7) is 11.3. The molecule has 0 saturated carbocycles. The summed E-state index contributed by atoms with van der Waals surface area (Å²) in [4.78, 5) is 11.9. The standard InChI is InChI=1S/C18H26F4N2O3S/c1-10(24-28(26)17(5,6)7)11-8-12(18(20,21)22)14(19)13(9-11)23-15(25)27-16(2,3)4/h8-10,24H,1-7H3,(H,23,25)/t10-,28?/m1/s1. The number of benzene rings is 1. The van der Waals surface area contributed by atoms with Gasteiger partial charge in [0.1, 0.15) is 5.60 Å². The van der Waals surface area contributed by atoms with Gasteiger partial charge in [-0.15, -0.1) is 0 Å². The topological polar surface area (TPSA) is 67.4 Å². The van der Waals surface area contributed by atoms with Crippen LogP contribution >= 0.6 is 0 Å². The predicted molar refractivity (Wildman–Crippen MR) is 101 cm³/mol. The molecule has 1 aromatic carbocycles. The van der Waals surface area contributed by atoms with Gasteiger partial charge < -0.3 is 4.74 Å². The SMILES string of the molecule is C[C@@H](NS(=O)C(C)(C)C)c1cc(NC(=O)OC(C)(C)C)c(F)c(C(F)(F)F)c1. The molecule has 5 nitrogen and oxygen atoms in total. The van der Waals surface area contributed by atoms with E-state index in [1.165, 1.54) is 6.92 Å². The lowest BCUT2D eigenvalue weighted by Gasteiger charge is -2.24. The van der Waals surface area contributed by atoms with Gasteiger partial charge in [0.05, 0.1) is 27.0 Å². The van der Waals surface area contributed by atoms with Crippen molar-refractivity contribution >= 4 is 22.8 Å². The predicted octanol–water partition coefficient (Wildman–Crippen LogP) is 5.30. The molecule has 0 aliphatic heterocycles. The average molecular weight is 426 g/mol. The van der Waals surface area contributed by atoms with Crippen LogP contribution in [-0.4, -0.2) is 20.7 Å². The van der Waals surface area contributed by atoms with Crippen LogP contribution < -0.4 is 10.0 Å². The molecule has 0 radical (unpaired) electrons. The monoisotopic (exact) mass is 426 g/mol. The molecule has 0 aliphatic rings. The Kier molecular flexibility index (Phi) is 7.27. The summed E-state index contributed by atoms with van der Waals surface area (Å²) in [6.07, 6.45) is -6.07. The van der Waals surface area contributed by atoms with Crippen LogP contribution in [0.25, 0.3) is 0 Å². The quantitative estimate of drug-likeness (QED) is 0.642.